The van der Waals surface area contributed by atoms with Gasteiger partial charge in [0.25, 0.3) is 0 Å². The van der Waals surface area contributed by atoms with Crippen LogP contribution in [-0.2, 0) is 17.6 Å². The number of methoxy groups -OCH3 is 1. The first-order valence-electron chi connectivity index (χ1n) is 9.64. The van der Waals surface area contributed by atoms with Gasteiger partial charge in [0.15, 0.2) is 0 Å². The van der Waals surface area contributed by atoms with E-state index in [9.17, 15) is 9.59 Å². The van der Waals surface area contributed by atoms with E-state index in [1.807, 2.05) is 29.2 Å². The average molecular weight is 419 g/mol. The third kappa shape index (κ3) is 3.63. The van der Waals surface area contributed by atoms with Crippen LogP contribution >= 0.6 is 22.9 Å². The van der Waals surface area contributed by atoms with E-state index in [1.54, 1.807) is 0 Å². The average Bonchev–Trinajstić information content (AvgIpc) is 3.32. The zero-order chi connectivity index (χ0) is 19.7. The maximum absolute atomic E-state index is 13.1. The van der Waals surface area contributed by atoms with Crippen LogP contribution < -0.4 is 5.32 Å². The first-order valence-corrected chi connectivity index (χ1v) is 10.8. The third-order valence-electron chi connectivity index (χ3n) is 5.55. The zero-order valence-corrected chi connectivity index (χ0v) is 17.4. The standard InChI is InChI=1S/C21H23ClN2O3S/c1-27-20(25)18-15-5-2-3-7-17(15)28-19(18)23-21(26)24-12-4-6-16(24)13-8-10-14(22)11-9-13/h8-11,16H,2-7,12H2,1H3,(H,23,26)/t16-/m0/s1. The van der Waals surface area contributed by atoms with Gasteiger partial charge in [-0.1, -0.05) is 23.7 Å². The number of aryl methyl sites for hydroxylation is 1. The smallest absolute Gasteiger partial charge is 0.341 e. The number of ether oxygens (including phenoxy) is 1. The van der Waals surface area contributed by atoms with E-state index in [-0.39, 0.29) is 18.0 Å². The Morgan fingerprint density at radius 2 is 1.93 bits per heavy atom. The molecule has 0 bridgehead atoms. The summed E-state index contributed by atoms with van der Waals surface area (Å²) in [4.78, 5) is 28.5. The molecule has 1 aliphatic heterocycles. The minimum atomic E-state index is -0.370. The Hall–Kier alpha value is -2.05. The molecular formula is C21H23ClN2O3S. The van der Waals surface area contributed by atoms with Gasteiger partial charge in [-0.2, -0.15) is 0 Å². The van der Waals surface area contributed by atoms with Crippen LogP contribution in [0.1, 0.15) is 58.1 Å². The van der Waals surface area contributed by atoms with Gasteiger partial charge >= 0.3 is 12.0 Å². The van der Waals surface area contributed by atoms with E-state index < -0.39 is 0 Å². The molecule has 0 unspecified atom stereocenters. The highest BCUT2D eigenvalue weighted by atomic mass is 35.5. The number of likely N-dealkylation sites (tertiary alicyclic amines) is 1. The van der Waals surface area contributed by atoms with E-state index >= 15 is 0 Å². The monoisotopic (exact) mass is 418 g/mol. The number of hydrogen-bond donors (Lipinski definition) is 1. The van der Waals surface area contributed by atoms with Crippen LogP contribution in [0, 0.1) is 0 Å². The molecule has 148 valence electrons. The lowest BCUT2D eigenvalue weighted by Gasteiger charge is -2.25. The number of nitrogens with zero attached hydrogens (tertiary/aromatic N) is 1. The van der Waals surface area contributed by atoms with Crippen LogP contribution in [0.4, 0.5) is 9.80 Å². The summed E-state index contributed by atoms with van der Waals surface area (Å²) in [5.74, 6) is -0.370. The number of carbonyl (C=O) groups excluding carboxylic acids is 2. The Bertz CT molecular complexity index is 894. The Kier molecular flexibility index (Phi) is 5.60. The number of hydrogen-bond acceptors (Lipinski definition) is 4. The van der Waals surface area contributed by atoms with Gasteiger partial charge in [-0.25, -0.2) is 9.59 Å². The lowest BCUT2D eigenvalue weighted by Crippen LogP contribution is -2.34. The van der Waals surface area contributed by atoms with Gasteiger partial charge in [0, 0.05) is 16.4 Å². The molecular weight excluding hydrogens is 396 g/mol. The molecule has 1 fully saturated rings. The van der Waals surface area contributed by atoms with Crippen molar-refractivity contribution in [3.8, 4) is 0 Å². The number of urea groups is 1. The molecule has 2 aliphatic rings. The molecule has 1 atom stereocenters. The van der Waals surface area contributed by atoms with Gasteiger partial charge in [-0.05, 0) is 61.8 Å². The Labute approximate surface area is 173 Å². The quantitative estimate of drug-likeness (QED) is 0.675. The maximum atomic E-state index is 13.1. The van der Waals surface area contributed by atoms with Crippen molar-refractivity contribution in [2.45, 2.75) is 44.6 Å². The minimum Gasteiger partial charge on any atom is -0.465 e. The summed E-state index contributed by atoms with van der Waals surface area (Å²) in [6.45, 7) is 0.692. The van der Waals surface area contributed by atoms with Crippen molar-refractivity contribution in [2.24, 2.45) is 0 Å². The number of nitrogens with one attached hydrogen (secondary N) is 1. The number of amides is 2. The number of fused-ring (bicyclic) bond motifs is 1. The SMILES string of the molecule is COC(=O)c1c(NC(=O)N2CCC[C@H]2c2ccc(Cl)cc2)sc2c1CCCC2. The van der Waals surface area contributed by atoms with E-state index in [2.05, 4.69) is 5.32 Å². The van der Waals surface area contributed by atoms with Crippen LogP contribution in [-0.4, -0.2) is 30.6 Å². The van der Waals surface area contributed by atoms with Gasteiger partial charge in [-0.15, -0.1) is 11.3 Å². The van der Waals surface area contributed by atoms with Crippen molar-refractivity contribution >= 4 is 39.9 Å². The van der Waals surface area contributed by atoms with Crippen LogP contribution in [0.2, 0.25) is 5.02 Å². The Balaban J connectivity index is 1.58. The molecule has 1 aromatic heterocycles. The summed E-state index contributed by atoms with van der Waals surface area (Å²) in [5, 5.41) is 4.32. The molecule has 2 aromatic rings. The molecule has 4 rings (SSSR count). The summed E-state index contributed by atoms with van der Waals surface area (Å²) in [5.41, 5.74) is 2.67. The van der Waals surface area contributed by atoms with Gasteiger partial charge in [0.05, 0.1) is 18.7 Å². The van der Waals surface area contributed by atoms with E-state index in [4.69, 9.17) is 16.3 Å². The molecule has 28 heavy (non-hydrogen) atoms. The number of halogens is 1. The fourth-order valence-corrected chi connectivity index (χ4v) is 5.58. The van der Waals surface area contributed by atoms with Crippen LogP contribution in [0.25, 0.3) is 0 Å². The lowest BCUT2D eigenvalue weighted by atomic mass is 9.95. The van der Waals surface area contributed by atoms with E-state index in [0.29, 0.717) is 22.1 Å². The van der Waals surface area contributed by atoms with Crippen LogP contribution in [0.3, 0.4) is 0 Å². The van der Waals surface area contributed by atoms with Crippen molar-refractivity contribution in [1.82, 2.24) is 4.90 Å². The largest absolute Gasteiger partial charge is 0.465 e. The van der Waals surface area contributed by atoms with Gasteiger partial charge in [0.2, 0.25) is 0 Å². The predicted octanol–water partition coefficient (Wildman–Crippen LogP) is 5.44. The van der Waals surface area contributed by atoms with Crippen molar-refractivity contribution in [3.63, 3.8) is 0 Å². The Morgan fingerprint density at radius 3 is 2.68 bits per heavy atom. The fraction of sp³-hybridized carbons (Fsp3) is 0.429. The number of rotatable bonds is 3. The maximum Gasteiger partial charge on any atom is 0.341 e. The number of anilines is 1. The first-order chi connectivity index (χ1) is 13.6. The highest BCUT2D eigenvalue weighted by molar-refractivity contribution is 7.17. The molecule has 5 nitrogen and oxygen atoms in total. The molecule has 7 heteroatoms. The molecule has 2 heterocycles. The third-order valence-corrected chi connectivity index (χ3v) is 7.01. The predicted molar refractivity (Wildman–Crippen MR) is 111 cm³/mol. The van der Waals surface area contributed by atoms with E-state index in [0.717, 1.165) is 49.7 Å². The van der Waals surface area contributed by atoms with Gasteiger partial charge < -0.3 is 9.64 Å². The molecule has 2 amide bonds. The van der Waals surface area contributed by atoms with Crippen LogP contribution in [0.15, 0.2) is 24.3 Å². The summed E-state index contributed by atoms with van der Waals surface area (Å²) < 4.78 is 5.00. The second-order valence-electron chi connectivity index (χ2n) is 7.24. The van der Waals surface area contributed by atoms with Gasteiger partial charge in [0.1, 0.15) is 5.00 Å². The normalized spacial score (nSPS) is 18.6. The second-order valence-corrected chi connectivity index (χ2v) is 8.78. The number of carbonyl (C=O) groups is 2. The summed E-state index contributed by atoms with van der Waals surface area (Å²) in [6, 6.07) is 7.52. The van der Waals surface area contributed by atoms with Gasteiger partial charge in [-0.3, -0.25) is 5.32 Å². The van der Waals surface area contributed by atoms with Crippen molar-refractivity contribution in [3.05, 3.63) is 50.9 Å². The van der Waals surface area contributed by atoms with E-state index in [1.165, 1.54) is 23.3 Å². The first kappa shape index (κ1) is 19.3. The summed E-state index contributed by atoms with van der Waals surface area (Å²) >= 11 is 7.51. The molecule has 0 radical (unpaired) electrons. The molecule has 1 N–H and O–H groups in total. The Morgan fingerprint density at radius 1 is 1.18 bits per heavy atom. The van der Waals surface area contributed by atoms with Crippen molar-refractivity contribution in [2.75, 3.05) is 19.0 Å². The highest BCUT2D eigenvalue weighted by Gasteiger charge is 2.32. The minimum absolute atomic E-state index is 0.0217. The summed E-state index contributed by atoms with van der Waals surface area (Å²) in [7, 11) is 1.39. The molecule has 0 spiro atoms. The highest BCUT2D eigenvalue weighted by Crippen LogP contribution is 2.39. The van der Waals surface area contributed by atoms with Crippen LogP contribution in [0.5, 0.6) is 0 Å². The molecule has 1 saturated heterocycles. The number of thiophene rings is 1. The second kappa shape index (κ2) is 8.13. The van der Waals surface area contributed by atoms with Crippen molar-refractivity contribution < 1.29 is 14.3 Å². The zero-order valence-electron chi connectivity index (χ0n) is 15.8. The summed E-state index contributed by atoms with van der Waals surface area (Å²) in [6.07, 6.45) is 5.86. The molecule has 0 saturated carbocycles. The topological polar surface area (TPSA) is 58.6 Å². The molecule has 1 aliphatic carbocycles. The fourth-order valence-electron chi connectivity index (χ4n) is 4.18. The number of esters is 1. The lowest BCUT2D eigenvalue weighted by molar-refractivity contribution is 0.0601. The number of benzene rings is 1. The van der Waals surface area contributed by atoms with Crippen molar-refractivity contribution in [1.29, 1.82) is 0 Å². The molecule has 1 aromatic carbocycles.